The first kappa shape index (κ1) is 43.8. The van der Waals surface area contributed by atoms with Crippen LogP contribution in [0.25, 0.3) is 0 Å². The highest BCUT2D eigenvalue weighted by molar-refractivity contribution is 6.03. The van der Waals surface area contributed by atoms with Crippen molar-refractivity contribution >= 4 is 11.6 Å². The van der Waals surface area contributed by atoms with Gasteiger partial charge in [0.15, 0.2) is 0 Å². The lowest BCUT2D eigenvalue weighted by atomic mass is 9.55. The molecule has 0 radical (unpaired) electrons. The van der Waals surface area contributed by atoms with Crippen LogP contribution in [-0.4, -0.2) is 100 Å². The molecule has 12 nitrogen and oxygen atoms in total. The number of benzene rings is 1. The van der Waals surface area contributed by atoms with Crippen molar-refractivity contribution in [2.45, 2.75) is 115 Å². The van der Waals surface area contributed by atoms with Crippen molar-refractivity contribution < 1.29 is 43.9 Å². The fourth-order valence-electron chi connectivity index (χ4n) is 9.08. The van der Waals surface area contributed by atoms with Crippen LogP contribution in [0.15, 0.2) is 65.9 Å². The molecule has 12 heteroatoms. The summed E-state index contributed by atoms with van der Waals surface area (Å²) in [6, 6.07) is 11.3. The molecule has 6 atom stereocenters. The first-order valence-electron chi connectivity index (χ1n) is 21.3. The van der Waals surface area contributed by atoms with Crippen LogP contribution in [0.5, 0.6) is 11.5 Å². The van der Waals surface area contributed by atoms with E-state index in [0.717, 1.165) is 66.8 Å². The Kier molecular flexibility index (Phi) is 15.1. The number of aliphatic hydroxyl groups excluding tert-OH is 3. The zero-order valence-electron chi connectivity index (χ0n) is 34.9. The largest absolute Gasteiger partial charge is 0.487 e. The number of aromatic nitrogens is 1. The lowest BCUT2D eigenvalue weighted by molar-refractivity contribution is -0.258. The number of aliphatic hydroxyl groups is 3. The van der Waals surface area contributed by atoms with Gasteiger partial charge in [-0.25, -0.2) is 0 Å². The summed E-state index contributed by atoms with van der Waals surface area (Å²) in [4.78, 5) is 27.3. The van der Waals surface area contributed by atoms with Gasteiger partial charge < -0.3 is 44.0 Å². The number of fused-ring (bicyclic) bond motifs is 2. The maximum absolute atomic E-state index is 14.5. The Morgan fingerprint density at radius 3 is 2.52 bits per heavy atom. The summed E-state index contributed by atoms with van der Waals surface area (Å²) in [7, 11) is 0. The van der Waals surface area contributed by atoms with Crippen molar-refractivity contribution in [1.82, 2.24) is 9.88 Å². The van der Waals surface area contributed by atoms with Crippen molar-refractivity contribution in [3.8, 4) is 11.5 Å². The predicted molar refractivity (Wildman–Crippen MR) is 221 cm³/mol. The molecular weight excluding hydrogens is 739 g/mol. The van der Waals surface area contributed by atoms with E-state index >= 15 is 0 Å². The fraction of sp³-hybridized carbons (Fsp3) is 0.630. The molecule has 1 aliphatic heterocycles. The molecule has 2 heterocycles. The van der Waals surface area contributed by atoms with Crippen LogP contribution in [0.2, 0.25) is 0 Å². The highest BCUT2D eigenvalue weighted by Crippen LogP contribution is 2.62. The molecule has 2 saturated carbocycles. The molecule has 1 amide bonds. The molecule has 2 aromatic rings. The molecule has 1 aromatic carbocycles. The molecule has 2 fully saturated rings. The maximum atomic E-state index is 14.5. The number of carbonyl (C=O) groups excluding carboxylic acids is 1. The Bertz CT molecular complexity index is 1750. The molecule has 3 aliphatic carbocycles. The van der Waals surface area contributed by atoms with Crippen LogP contribution in [-0.2, 0) is 25.7 Å². The monoisotopic (exact) mass is 803 g/mol. The Morgan fingerprint density at radius 1 is 1.05 bits per heavy atom. The Morgan fingerprint density at radius 2 is 1.83 bits per heavy atom. The number of unbranched alkanes of at least 4 members (excludes halogenated alkanes) is 2. The number of aryl methyl sites for hydroxylation is 1. The molecule has 6 rings (SSSR count). The standard InChI is InChI=1S/C46H65N3O9/c1-6-24-56-46-41(49(20-25-54-26-23-52)44(53)32-16-17-32)29-39(48-58-45(3,4)5)37-27-33(13-7-9-21-50)36(15-8-10-22-51)42(43(37)46)38-28-35(18-19-40(38)57-46)55-30-34-14-11-12-31(2)47-34/h6,11-12,14,18-19,27-28,32-33,36,41-43,50-52H,1,7-10,13,15-17,20-26,29-30H2,2-5H3. The molecule has 318 valence electrons. The average molecular weight is 804 g/mol. The number of hydrogen-bond acceptors (Lipinski definition) is 11. The number of nitrogens with zero attached hydrogens (tertiary/aromatic N) is 3. The summed E-state index contributed by atoms with van der Waals surface area (Å²) in [5.74, 6) is -0.451. The lowest BCUT2D eigenvalue weighted by Crippen LogP contribution is -2.70. The Hall–Kier alpha value is -3.81. The molecule has 0 bridgehead atoms. The van der Waals surface area contributed by atoms with Crippen LogP contribution < -0.4 is 9.47 Å². The topological polar surface area (TPSA) is 152 Å². The van der Waals surface area contributed by atoms with Gasteiger partial charge in [-0.05, 0) is 114 Å². The predicted octanol–water partition coefficient (Wildman–Crippen LogP) is 6.65. The third-order valence-corrected chi connectivity index (χ3v) is 11.7. The zero-order chi connectivity index (χ0) is 41.3. The number of pyridine rings is 1. The zero-order valence-corrected chi connectivity index (χ0v) is 34.9. The van der Waals surface area contributed by atoms with E-state index in [1.807, 2.05) is 62.9 Å². The van der Waals surface area contributed by atoms with Crippen LogP contribution in [0.3, 0.4) is 0 Å². The summed E-state index contributed by atoms with van der Waals surface area (Å²) in [5.41, 5.74) is 3.91. The Balaban J connectivity index is 1.55. The van der Waals surface area contributed by atoms with Gasteiger partial charge in [0.2, 0.25) is 11.7 Å². The van der Waals surface area contributed by atoms with Gasteiger partial charge in [0.05, 0.1) is 43.8 Å². The van der Waals surface area contributed by atoms with Gasteiger partial charge >= 0.3 is 0 Å². The lowest BCUT2D eigenvalue weighted by Gasteiger charge is -2.60. The van der Waals surface area contributed by atoms with E-state index < -0.39 is 23.3 Å². The van der Waals surface area contributed by atoms with Gasteiger partial charge in [-0.1, -0.05) is 36.2 Å². The molecule has 3 N–H and O–H groups in total. The van der Waals surface area contributed by atoms with Gasteiger partial charge in [-0.3, -0.25) is 9.78 Å². The van der Waals surface area contributed by atoms with Crippen molar-refractivity contribution in [2.24, 2.45) is 28.8 Å². The molecule has 6 unspecified atom stereocenters. The third kappa shape index (κ3) is 10.3. The van der Waals surface area contributed by atoms with E-state index in [9.17, 15) is 20.1 Å². The van der Waals surface area contributed by atoms with Gasteiger partial charge in [-0.15, -0.1) is 6.58 Å². The minimum atomic E-state index is -1.35. The number of hydrogen-bond donors (Lipinski definition) is 3. The van der Waals surface area contributed by atoms with E-state index in [0.29, 0.717) is 37.4 Å². The van der Waals surface area contributed by atoms with Crippen LogP contribution in [0.4, 0.5) is 0 Å². The summed E-state index contributed by atoms with van der Waals surface area (Å²) < 4.78 is 26.7. The molecular formula is C46H65N3O9. The fourth-order valence-corrected chi connectivity index (χ4v) is 9.08. The van der Waals surface area contributed by atoms with Gasteiger partial charge in [0, 0.05) is 49.3 Å². The van der Waals surface area contributed by atoms with Crippen LogP contribution in [0.1, 0.15) is 101 Å². The highest BCUT2D eigenvalue weighted by Gasteiger charge is 2.66. The smallest absolute Gasteiger partial charge is 0.239 e. The molecule has 4 aliphatic rings. The summed E-state index contributed by atoms with van der Waals surface area (Å²) in [5, 5.41) is 34.2. The van der Waals surface area contributed by atoms with Crippen LogP contribution >= 0.6 is 0 Å². The van der Waals surface area contributed by atoms with E-state index in [1.54, 1.807) is 6.08 Å². The van der Waals surface area contributed by atoms with E-state index in [4.69, 9.17) is 28.9 Å². The van der Waals surface area contributed by atoms with E-state index in [2.05, 4.69) is 23.7 Å². The SMILES string of the molecule is C=CCOC12Oc3ccc(OCc4cccc(C)n4)cc3C3C(CCCCO)C(CCCCO)C=C(C(=NOC(C)(C)C)CC1N(CCOCCO)C(=O)C1CC1)C32. The third-order valence-electron chi connectivity index (χ3n) is 11.7. The summed E-state index contributed by atoms with van der Waals surface area (Å²) in [6.07, 6.45) is 10.8. The van der Waals surface area contributed by atoms with Crippen LogP contribution in [0, 0.1) is 30.6 Å². The normalized spacial score (nSPS) is 25.6. The second-order valence-electron chi connectivity index (χ2n) is 17.2. The minimum absolute atomic E-state index is 0.0272. The number of oxime groups is 1. The quantitative estimate of drug-likeness (QED) is 0.0671. The molecule has 0 saturated heterocycles. The number of allylic oxidation sites excluding steroid dienone is 1. The van der Waals surface area contributed by atoms with Crippen molar-refractivity contribution in [3.63, 3.8) is 0 Å². The molecule has 0 spiro atoms. The van der Waals surface area contributed by atoms with Crippen molar-refractivity contribution in [1.29, 1.82) is 0 Å². The van der Waals surface area contributed by atoms with Gasteiger partial charge in [0.1, 0.15) is 29.7 Å². The highest BCUT2D eigenvalue weighted by atomic mass is 16.7. The first-order valence-corrected chi connectivity index (χ1v) is 21.3. The average Bonchev–Trinajstić information content (AvgIpc) is 4.06. The van der Waals surface area contributed by atoms with E-state index in [-0.39, 0.29) is 75.8 Å². The maximum Gasteiger partial charge on any atom is 0.239 e. The number of carbonyl (C=O) groups is 1. The summed E-state index contributed by atoms with van der Waals surface area (Å²) in [6.45, 7) is 13.2. The number of ether oxygens (including phenoxy) is 4. The van der Waals surface area contributed by atoms with Gasteiger partial charge in [-0.2, -0.15) is 0 Å². The van der Waals surface area contributed by atoms with Crippen molar-refractivity contribution in [3.05, 3.63) is 77.7 Å². The number of amides is 1. The van der Waals surface area contributed by atoms with E-state index in [1.165, 1.54) is 0 Å². The molecule has 1 aromatic heterocycles. The first-order chi connectivity index (χ1) is 28.0. The Labute approximate surface area is 344 Å². The summed E-state index contributed by atoms with van der Waals surface area (Å²) >= 11 is 0. The second kappa shape index (κ2) is 20.0. The van der Waals surface area contributed by atoms with Gasteiger partial charge in [0.25, 0.3) is 0 Å². The minimum Gasteiger partial charge on any atom is -0.487 e. The second-order valence-corrected chi connectivity index (χ2v) is 17.2. The number of rotatable bonds is 22. The van der Waals surface area contributed by atoms with Crippen molar-refractivity contribution in [2.75, 3.05) is 46.2 Å². The molecule has 58 heavy (non-hydrogen) atoms.